The van der Waals surface area contributed by atoms with E-state index in [1.807, 2.05) is 20.8 Å². The molecule has 2 aromatic rings. The number of aromatic nitrogens is 2. The highest BCUT2D eigenvalue weighted by atomic mass is 35.5. The second-order valence-corrected chi connectivity index (χ2v) is 6.73. The van der Waals surface area contributed by atoms with Crippen LogP contribution in [-0.4, -0.2) is 16.0 Å². The molecule has 0 saturated carbocycles. The Hall–Kier alpha value is -2.34. The number of carbonyl (C=O) groups is 1. The van der Waals surface area contributed by atoms with Crippen LogP contribution in [0.25, 0.3) is 11.4 Å². The quantitative estimate of drug-likeness (QED) is 0.890. The molecule has 0 bridgehead atoms. The number of carbonyl (C=O) groups excluding carboxylic acids is 1. The lowest BCUT2D eigenvalue weighted by Crippen LogP contribution is -2.44. The molecule has 0 aliphatic rings. The molecular formula is C16H20ClN4O2+. The van der Waals surface area contributed by atoms with Gasteiger partial charge in [0.15, 0.2) is 12.2 Å². The molecular weight excluding hydrogens is 316 g/mol. The van der Waals surface area contributed by atoms with Gasteiger partial charge < -0.3 is 11.1 Å². The Morgan fingerprint density at radius 2 is 2.09 bits per heavy atom. The lowest BCUT2D eigenvalue weighted by Gasteiger charge is -2.20. The average molecular weight is 336 g/mol. The number of nitrogens with zero attached hydrogens (tertiary/aromatic N) is 1. The van der Waals surface area contributed by atoms with E-state index in [0.717, 1.165) is 0 Å². The highest BCUT2D eigenvalue weighted by Crippen LogP contribution is 2.18. The van der Waals surface area contributed by atoms with E-state index in [1.165, 1.54) is 10.8 Å². The van der Waals surface area contributed by atoms with Crippen molar-refractivity contribution in [1.29, 1.82) is 0 Å². The summed E-state index contributed by atoms with van der Waals surface area (Å²) in [6.45, 7) is 5.48. The molecule has 4 N–H and O–H groups in total. The summed E-state index contributed by atoms with van der Waals surface area (Å²) in [6.07, 6.45) is 1.41. The van der Waals surface area contributed by atoms with Crippen molar-refractivity contribution in [2.45, 2.75) is 32.9 Å². The summed E-state index contributed by atoms with van der Waals surface area (Å²) in [4.78, 5) is 27.5. The molecule has 6 nitrogen and oxygen atoms in total. The molecule has 0 atom stereocenters. The van der Waals surface area contributed by atoms with E-state index in [1.54, 1.807) is 24.3 Å². The van der Waals surface area contributed by atoms with Crippen molar-refractivity contribution in [2.24, 2.45) is 0 Å². The monoisotopic (exact) mass is 335 g/mol. The van der Waals surface area contributed by atoms with Gasteiger partial charge in [-0.3, -0.25) is 4.79 Å². The summed E-state index contributed by atoms with van der Waals surface area (Å²) in [7, 11) is 0. The highest BCUT2D eigenvalue weighted by Gasteiger charge is 2.23. The molecule has 122 valence electrons. The van der Waals surface area contributed by atoms with Gasteiger partial charge in [-0.25, -0.2) is 9.78 Å². The summed E-state index contributed by atoms with van der Waals surface area (Å²) in [5.41, 5.74) is 5.60. The van der Waals surface area contributed by atoms with Crippen LogP contribution >= 0.6 is 11.6 Å². The average Bonchev–Trinajstić information content (AvgIpc) is 2.42. The summed E-state index contributed by atoms with van der Waals surface area (Å²) < 4.78 is 1.31. The maximum Gasteiger partial charge on any atom is 0.361 e. The fourth-order valence-corrected chi connectivity index (χ4v) is 2.36. The first kappa shape index (κ1) is 17.0. The number of hydrogen-bond acceptors (Lipinski definition) is 3. The minimum absolute atomic E-state index is 0.0411. The molecule has 1 heterocycles. The van der Waals surface area contributed by atoms with Crippen molar-refractivity contribution in [3.8, 4) is 11.4 Å². The number of nitrogens with one attached hydrogen (secondary N) is 2. The van der Waals surface area contributed by atoms with Crippen LogP contribution in [0.4, 0.5) is 5.69 Å². The third-order valence-electron chi connectivity index (χ3n) is 3.04. The van der Waals surface area contributed by atoms with Crippen LogP contribution in [0, 0.1) is 0 Å². The molecule has 0 aliphatic carbocycles. The SMILES string of the molecule is CC(C)(C)NC(=O)Cn1c(-c2cccc(Cl)c2)[nH+]cc(N)c1=O. The van der Waals surface area contributed by atoms with Crippen molar-refractivity contribution in [2.75, 3.05) is 5.73 Å². The van der Waals surface area contributed by atoms with Crippen LogP contribution in [0.1, 0.15) is 20.8 Å². The number of nitrogens with two attached hydrogens (primary N) is 1. The topological polar surface area (TPSA) is 91.3 Å². The molecule has 0 aliphatic heterocycles. The minimum atomic E-state index is -0.428. The van der Waals surface area contributed by atoms with E-state index < -0.39 is 5.56 Å². The Morgan fingerprint density at radius 3 is 2.70 bits per heavy atom. The predicted molar refractivity (Wildman–Crippen MR) is 90.0 cm³/mol. The molecule has 0 unspecified atom stereocenters. The molecule has 7 heteroatoms. The van der Waals surface area contributed by atoms with Crippen LogP contribution in [-0.2, 0) is 11.3 Å². The van der Waals surface area contributed by atoms with Gasteiger partial charge in [0.25, 0.3) is 11.7 Å². The Bertz CT molecular complexity index is 793. The van der Waals surface area contributed by atoms with Crippen LogP contribution in [0.5, 0.6) is 0 Å². The van der Waals surface area contributed by atoms with Gasteiger partial charge in [0.05, 0.1) is 5.56 Å². The van der Waals surface area contributed by atoms with E-state index in [9.17, 15) is 9.59 Å². The number of hydrogen-bond donors (Lipinski definition) is 2. The molecule has 23 heavy (non-hydrogen) atoms. The number of nitrogen functional groups attached to an aromatic ring is 1. The van der Waals surface area contributed by atoms with Gasteiger partial charge in [0.2, 0.25) is 0 Å². The van der Waals surface area contributed by atoms with E-state index >= 15 is 0 Å². The summed E-state index contributed by atoms with van der Waals surface area (Å²) >= 11 is 6.01. The number of halogens is 1. The first-order valence-corrected chi connectivity index (χ1v) is 7.53. The minimum Gasteiger partial charge on any atom is -0.389 e. The molecule has 0 radical (unpaired) electrons. The lowest BCUT2D eigenvalue weighted by atomic mass is 10.1. The van der Waals surface area contributed by atoms with Gasteiger partial charge in [-0.15, -0.1) is 0 Å². The zero-order valence-corrected chi connectivity index (χ0v) is 14.1. The van der Waals surface area contributed by atoms with Gasteiger partial charge >= 0.3 is 5.56 Å². The summed E-state index contributed by atoms with van der Waals surface area (Å²) in [5, 5.41) is 3.36. The normalized spacial score (nSPS) is 11.3. The van der Waals surface area contributed by atoms with Crippen molar-refractivity contribution < 1.29 is 9.78 Å². The zero-order chi connectivity index (χ0) is 17.2. The third kappa shape index (κ3) is 4.32. The number of benzene rings is 1. The highest BCUT2D eigenvalue weighted by molar-refractivity contribution is 6.30. The van der Waals surface area contributed by atoms with Crippen LogP contribution in [0.15, 0.2) is 35.3 Å². The zero-order valence-electron chi connectivity index (χ0n) is 13.3. The number of anilines is 1. The maximum absolute atomic E-state index is 12.4. The molecule has 2 rings (SSSR count). The second-order valence-electron chi connectivity index (χ2n) is 6.29. The fraction of sp³-hybridized carbons (Fsp3) is 0.312. The third-order valence-corrected chi connectivity index (χ3v) is 3.28. The summed E-state index contributed by atoms with van der Waals surface area (Å²) in [5.74, 6) is 0.192. The smallest absolute Gasteiger partial charge is 0.361 e. The molecule has 0 fully saturated rings. The van der Waals surface area contributed by atoms with Gasteiger partial charge in [0.1, 0.15) is 6.20 Å². The van der Waals surface area contributed by atoms with Gasteiger partial charge in [-0.1, -0.05) is 17.7 Å². The van der Waals surface area contributed by atoms with Crippen LogP contribution in [0.2, 0.25) is 5.02 Å². The van der Waals surface area contributed by atoms with Crippen molar-refractivity contribution in [1.82, 2.24) is 9.88 Å². The standard InChI is InChI=1S/C16H19ClN4O2/c1-16(2,3)20-13(22)9-21-14(19-8-12(18)15(21)23)10-5-4-6-11(17)7-10/h4-8H,9,18H2,1-3H3,(H,20,22)/p+1. The molecule has 1 amide bonds. The largest absolute Gasteiger partial charge is 0.389 e. The Balaban J connectivity index is 2.47. The maximum atomic E-state index is 12.4. The van der Waals surface area contributed by atoms with Crippen molar-refractivity contribution >= 4 is 23.2 Å². The number of amides is 1. The molecule has 0 spiro atoms. The summed E-state index contributed by atoms with van der Waals surface area (Å²) in [6, 6.07) is 7.01. The van der Waals surface area contributed by atoms with E-state index in [0.29, 0.717) is 16.4 Å². The number of H-pyrrole nitrogens is 1. The Morgan fingerprint density at radius 1 is 1.39 bits per heavy atom. The van der Waals surface area contributed by atoms with E-state index in [4.69, 9.17) is 17.3 Å². The van der Waals surface area contributed by atoms with E-state index in [-0.39, 0.29) is 23.7 Å². The van der Waals surface area contributed by atoms with E-state index in [2.05, 4.69) is 10.3 Å². The molecule has 1 aromatic carbocycles. The first-order valence-electron chi connectivity index (χ1n) is 7.15. The Kier molecular flexibility index (Phi) is 4.75. The van der Waals surface area contributed by atoms with Crippen molar-refractivity contribution in [3.05, 3.63) is 45.8 Å². The van der Waals surface area contributed by atoms with Gasteiger partial charge in [-0.05, 0) is 39.0 Å². The van der Waals surface area contributed by atoms with Gasteiger partial charge in [-0.2, -0.15) is 4.57 Å². The predicted octanol–water partition coefficient (Wildman–Crippen LogP) is 1.48. The Labute approximate surface area is 139 Å². The van der Waals surface area contributed by atoms with Crippen LogP contribution in [0.3, 0.4) is 0 Å². The van der Waals surface area contributed by atoms with Crippen molar-refractivity contribution in [3.63, 3.8) is 0 Å². The number of rotatable bonds is 3. The second kappa shape index (κ2) is 6.42. The first-order chi connectivity index (χ1) is 10.7. The lowest BCUT2D eigenvalue weighted by molar-refractivity contribution is -0.370. The fourth-order valence-electron chi connectivity index (χ4n) is 2.17. The molecule has 1 aromatic heterocycles. The van der Waals surface area contributed by atoms with Gasteiger partial charge in [0, 0.05) is 10.6 Å². The number of aromatic amines is 1. The molecule has 0 saturated heterocycles. The van der Waals surface area contributed by atoms with Crippen LogP contribution < -0.4 is 21.6 Å².